The van der Waals surface area contributed by atoms with Gasteiger partial charge in [0.15, 0.2) is 0 Å². The van der Waals surface area contributed by atoms with Crippen LogP contribution in [0.4, 0.5) is 0 Å². The molecule has 0 spiro atoms. The molecule has 0 aromatic carbocycles. The standard InChI is InChI=1S/C14H26N4O/c1-5-6-18-10-13(9-17-18)8-15-12(4)14(19)16-7-11(2)3/h9-12,15H,5-8H2,1-4H3,(H,16,19). The number of hydrogen-bond acceptors (Lipinski definition) is 3. The van der Waals surface area contributed by atoms with E-state index in [0.29, 0.717) is 12.5 Å². The highest BCUT2D eigenvalue weighted by Crippen LogP contribution is 1.99. The zero-order valence-electron chi connectivity index (χ0n) is 12.4. The molecule has 0 saturated carbocycles. The van der Waals surface area contributed by atoms with Crippen molar-refractivity contribution in [2.45, 2.75) is 53.2 Å². The van der Waals surface area contributed by atoms with Crippen LogP contribution in [-0.4, -0.2) is 28.3 Å². The zero-order chi connectivity index (χ0) is 14.3. The molecule has 0 aliphatic rings. The number of amides is 1. The van der Waals surface area contributed by atoms with Gasteiger partial charge >= 0.3 is 0 Å². The Kier molecular flexibility index (Phi) is 6.56. The van der Waals surface area contributed by atoms with Crippen LogP contribution in [0.1, 0.15) is 39.7 Å². The Hall–Kier alpha value is -1.36. The number of hydrogen-bond donors (Lipinski definition) is 2. The van der Waals surface area contributed by atoms with E-state index >= 15 is 0 Å². The zero-order valence-corrected chi connectivity index (χ0v) is 12.4. The maximum absolute atomic E-state index is 11.8. The molecule has 0 radical (unpaired) electrons. The van der Waals surface area contributed by atoms with Gasteiger partial charge in [-0.2, -0.15) is 5.10 Å². The van der Waals surface area contributed by atoms with E-state index in [9.17, 15) is 4.79 Å². The fourth-order valence-corrected chi connectivity index (χ4v) is 1.67. The first-order valence-electron chi connectivity index (χ1n) is 7.05. The van der Waals surface area contributed by atoms with E-state index in [1.54, 1.807) is 0 Å². The van der Waals surface area contributed by atoms with Crippen LogP contribution in [-0.2, 0) is 17.9 Å². The van der Waals surface area contributed by atoms with E-state index in [-0.39, 0.29) is 11.9 Å². The Balaban J connectivity index is 2.32. The van der Waals surface area contributed by atoms with E-state index in [1.807, 2.05) is 24.0 Å². The second-order valence-corrected chi connectivity index (χ2v) is 5.35. The molecular formula is C14H26N4O. The van der Waals surface area contributed by atoms with Crippen LogP contribution < -0.4 is 10.6 Å². The Morgan fingerprint density at radius 2 is 2.16 bits per heavy atom. The van der Waals surface area contributed by atoms with Crippen molar-refractivity contribution < 1.29 is 4.79 Å². The van der Waals surface area contributed by atoms with Crippen molar-refractivity contribution in [3.63, 3.8) is 0 Å². The number of aromatic nitrogens is 2. The molecule has 1 heterocycles. The molecule has 1 aromatic heterocycles. The van der Waals surface area contributed by atoms with Gasteiger partial charge in [-0.1, -0.05) is 20.8 Å². The maximum atomic E-state index is 11.8. The number of nitrogens with one attached hydrogen (secondary N) is 2. The van der Waals surface area contributed by atoms with Gasteiger partial charge in [0.2, 0.25) is 5.91 Å². The lowest BCUT2D eigenvalue weighted by molar-refractivity contribution is -0.122. The third-order valence-corrected chi connectivity index (χ3v) is 2.83. The molecule has 5 heteroatoms. The number of rotatable bonds is 8. The summed E-state index contributed by atoms with van der Waals surface area (Å²) in [7, 11) is 0. The molecular weight excluding hydrogens is 240 g/mol. The molecule has 108 valence electrons. The Labute approximate surface area is 115 Å². The van der Waals surface area contributed by atoms with Gasteiger partial charge < -0.3 is 10.6 Å². The van der Waals surface area contributed by atoms with Gasteiger partial charge in [0.05, 0.1) is 12.2 Å². The Bertz CT molecular complexity index is 387. The van der Waals surface area contributed by atoms with Gasteiger partial charge in [-0.05, 0) is 19.3 Å². The van der Waals surface area contributed by atoms with E-state index in [2.05, 4.69) is 36.5 Å². The summed E-state index contributed by atoms with van der Waals surface area (Å²) in [6.07, 6.45) is 4.94. The Morgan fingerprint density at radius 1 is 1.42 bits per heavy atom. The fourth-order valence-electron chi connectivity index (χ4n) is 1.67. The summed E-state index contributed by atoms with van der Waals surface area (Å²) in [4.78, 5) is 11.8. The van der Waals surface area contributed by atoms with E-state index in [1.165, 1.54) is 0 Å². The monoisotopic (exact) mass is 266 g/mol. The molecule has 1 rings (SSSR count). The first-order chi connectivity index (χ1) is 9.02. The number of carbonyl (C=O) groups excluding carboxylic acids is 1. The van der Waals surface area contributed by atoms with Crippen molar-refractivity contribution in [1.82, 2.24) is 20.4 Å². The van der Waals surface area contributed by atoms with Crippen LogP contribution in [0.2, 0.25) is 0 Å². The molecule has 0 aliphatic carbocycles. The van der Waals surface area contributed by atoms with Crippen LogP contribution in [0.25, 0.3) is 0 Å². The number of aryl methyl sites for hydroxylation is 1. The van der Waals surface area contributed by atoms with Crippen molar-refractivity contribution in [2.24, 2.45) is 5.92 Å². The summed E-state index contributed by atoms with van der Waals surface area (Å²) in [6, 6.07) is -0.187. The smallest absolute Gasteiger partial charge is 0.236 e. The summed E-state index contributed by atoms with van der Waals surface area (Å²) in [5.74, 6) is 0.526. The number of nitrogens with zero attached hydrogens (tertiary/aromatic N) is 2. The SMILES string of the molecule is CCCn1cc(CNC(C)C(=O)NCC(C)C)cn1. The lowest BCUT2D eigenvalue weighted by atomic mass is 10.2. The fraction of sp³-hybridized carbons (Fsp3) is 0.714. The second kappa shape index (κ2) is 7.94. The topological polar surface area (TPSA) is 59.0 Å². The van der Waals surface area contributed by atoms with Crippen molar-refractivity contribution in [1.29, 1.82) is 0 Å². The molecule has 1 unspecified atom stereocenters. The molecule has 1 amide bonds. The molecule has 0 aliphatic heterocycles. The first-order valence-corrected chi connectivity index (χ1v) is 7.05. The van der Waals surface area contributed by atoms with E-state index < -0.39 is 0 Å². The lowest BCUT2D eigenvalue weighted by Crippen LogP contribution is -2.42. The predicted octanol–water partition coefficient (Wildman–Crippen LogP) is 1.54. The summed E-state index contributed by atoms with van der Waals surface area (Å²) in [5, 5.41) is 10.4. The highest BCUT2D eigenvalue weighted by atomic mass is 16.2. The summed E-state index contributed by atoms with van der Waals surface area (Å²) < 4.78 is 1.93. The largest absolute Gasteiger partial charge is 0.354 e. The van der Waals surface area contributed by atoms with Crippen molar-refractivity contribution in [3.8, 4) is 0 Å². The highest BCUT2D eigenvalue weighted by Gasteiger charge is 2.12. The molecule has 2 N–H and O–H groups in total. The maximum Gasteiger partial charge on any atom is 0.236 e. The third kappa shape index (κ3) is 5.87. The normalized spacial score (nSPS) is 12.7. The lowest BCUT2D eigenvalue weighted by Gasteiger charge is -2.14. The van der Waals surface area contributed by atoms with Gasteiger partial charge in [0.1, 0.15) is 0 Å². The van der Waals surface area contributed by atoms with Crippen LogP contribution in [0, 0.1) is 5.92 Å². The first kappa shape index (κ1) is 15.7. The van der Waals surface area contributed by atoms with Gasteiger partial charge in [0, 0.05) is 31.4 Å². The molecule has 0 fully saturated rings. The van der Waals surface area contributed by atoms with Crippen LogP contribution in [0.15, 0.2) is 12.4 Å². The molecule has 5 nitrogen and oxygen atoms in total. The quantitative estimate of drug-likeness (QED) is 0.750. The average molecular weight is 266 g/mol. The Morgan fingerprint density at radius 3 is 2.79 bits per heavy atom. The highest BCUT2D eigenvalue weighted by molar-refractivity contribution is 5.81. The minimum Gasteiger partial charge on any atom is -0.354 e. The van der Waals surface area contributed by atoms with Crippen molar-refractivity contribution in [2.75, 3.05) is 6.54 Å². The van der Waals surface area contributed by atoms with Gasteiger partial charge in [-0.25, -0.2) is 0 Å². The van der Waals surface area contributed by atoms with Crippen LogP contribution >= 0.6 is 0 Å². The summed E-state index contributed by atoms with van der Waals surface area (Å²) in [6.45, 7) is 10.5. The van der Waals surface area contributed by atoms with Crippen LogP contribution in [0.3, 0.4) is 0 Å². The number of carbonyl (C=O) groups is 1. The van der Waals surface area contributed by atoms with Gasteiger partial charge in [0.25, 0.3) is 0 Å². The van der Waals surface area contributed by atoms with Crippen molar-refractivity contribution >= 4 is 5.91 Å². The molecule has 1 aromatic rings. The van der Waals surface area contributed by atoms with Crippen LogP contribution in [0.5, 0.6) is 0 Å². The molecule has 1 atom stereocenters. The van der Waals surface area contributed by atoms with Gasteiger partial charge in [-0.15, -0.1) is 0 Å². The average Bonchev–Trinajstić information content (AvgIpc) is 2.81. The third-order valence-electron chi connectivity index (χ3n) is 2.83. The molecule has 0 bridgehead atoms. The summed E-state index contributed by atoms with van der Waals surface area (Å²) in [5.41, 5.74) is 1.11. The van der Waals surface area contributed by atoms with Crippen molar-refractivity contribution in [3.05, 3.63) is 18.0 Å². The molecule has 19 heavy (non-hydrogen) atoms. The van der Waals surface area contributed by atoms with Gasteiger partial charge in [-0.3, -0.25) is 9.48 Å². The molecule has 0 saturated heterocycles. The summed E-state index contributed by atoms with van der Waals surface area (Å²) >= 11 is 0. The minimum absolute atomic E-state index is 0.0506. The van der Waals surface area contributed by atoms with E-state index in [4.69, 9.17) is 0 Å². The predicted molar refractivity (Wildman–Crippen MR) is 76.7 cm³/mol. The second-order valence-electron chi connectivity index (χ2n) is 5.35. The van der Waals surface area contributed by atoms with E-state index in [0.717, 1.165) is 25.1 Å². The minimum atomic E-state index is -0.187.